The monoisotopic (exact) mass is 439 g/mol. The molecule has 4 nitrogen and oxygen atoms in total. The molecule has 32 heavy (non-hydrogen) atoms. The SMILES string of the molecule is C=CC[C@@](O)(CCN[C@@H](C)c1ccc(B2OC(C)(C)C(C)(C)O2)cc1)c1ccc(F)cc1. The lowest BCUT2D eigenvalue weighted by Gasteiger charge is -2.32. The molecule has 0 bridgehead atoms. The molecule has 0 radical (unpaired) electrons. The number of nitrogens with one attached hydrogen (secondary N) is 1. The Morgan fingerprint density at radius 2 is 1.62 bits per heavy atom. The number of aliphatic hydroxyl groups is 1. The summed E-state index contributed by atoms with van der Waals surface area (Å²) < 4.78 is 25.5. The smallest absolute Gasteiger partial charge is 0.399 e. The van der Waals surface area contributed by atoms with Crippen LogP contribution in [-0.4, -0.2) is 30.0 Å². The molecule has 0 aromatic heterocycles. The minimum absolute atomic E-state index is 0.101. The predicted molar refractivity (Wildman–Crippen MR) is 128 cm³/mol. The molecule has 2 aromatic rings. The largest absolute Gasteiger partial charge is 0.494 e. The third-order valence-electron chi connectivity index (χ3n) is 6.81. The summed E-state index contributed by atoms with van der Waals surface area (Å²) in [4.78, 5) is 0. The molecule has 1 aliphatic heterocycles. The number of hydrogen-bond acceptors (Lipinski definition) is 4. The van der Waals surface area contributed by atoms with Gasteiger partial charge in [0.2, 0.25) is 0 Å². The quantitative estimate of drug-likeness (QED) is 0.442. The Morgan fingerprint density at radius 1 is 1.06 bits per heavy atom. The molecule has 2 aromatic carbocycles. The van der Waals surface area contributed by atoms with Crippen molar-refractivity contribution in [2.45, 2.75) is 70.3 Å². The molecule has 3 rings (SSSR count). The zero-order valence-electron chi connectivity index (χ0n) is 19.8. The van der Waals surface area contributed by atoms with Crippen molar-refractivity contribution in [1.82, 2.24) is 5.32 Å². The molecule has 0 spiro atoms. The van der Waals surface area contributed by atoms with Gasteiger partial charge < -0.3 is 19.7 Å². The van der Waals surface area contributed by atoms with Crippen molar-refractivity contribution in [1.29, 1.82) is 0 Å². The Kier molecular flexibility index (Phi) is 7.30. The lowest BCUT2D eigenvalue weighted by atomic mass is 9.78. The van der Waals surface area contributed by atoms with Crippen LogP contribution in [0.3, 0.4) is 0 Å². The van der Waals surface area contributed by atoms with Gasteiger partial charge in [0, 0.05) is 6.04 Å². The van der Waals surface area contributed by atoms with Crippen molar-refractivity contribution >= 4 is 12.6 Å². The van der Waals surface area contributed by atoms with Crippen LogP contribution in [0, 0.1) is 5.82 Å². The van der Waals surface area contributed by atoms with Gasteiger partial charge in [-0.2, -0.15) is 0 Å². The van der Waals surface area contributed by atoms with E-state index < -0.39 is 5.60 Å². The average Bonchev–Trinajstić information content (AvgIpc) is 2.95. The third kappa shape index (κ3) is 5.32. The van der Waals surface area contributed by atoms with Gasteiger partial charge in [-0.3, -0.25) is 0 Å². The topological polar surface area (TPSA) is 50.7 Å². The van der Waals surface area contributed by atoms with Gasteiger partial charge in [-0.25, -0.2) is 4.39 Å². The Hall–Kier alpha value is -1.99. The summed E-state index contributed by atoms with van der Waals surface area (Å²) in [6, 6.07) is 14.4. The summed E-state index contributed by atoms with van der Waals surface area (Å²) in [6.07, 6.45) is 2.58. The standard InChI is InChI=1S/C26H35BFNO3/c1-7-16-26(30,21-10-14-23(28)15-11-21)17-18-29-19(2)20-8-12-22(13-9-20)27-31-24(3,4)25(5,6)32-27/h7-15,19,29-30H,1,16-18H2,2-6H3/t19-,26+/m0/s1. The molecule has 1 heterocycles. The maximum atomic E-state index is 13.3. The second-order valence-corrected chi connectivity index (χ2v) is 9.71. The molecule has 0 aliphatic carbocycles. The molecule has 1 fully saturated rings. The highest BCUT2D eigenvalue weighted by molar-refractivity contribution is 6.62. The van der Waals surface area contributed by atoms with Crippen LogP contribution in [0.25, 0.3) is 0 Å². The van der Waals surface area contributed by atoms with Crippen molar-refractivity contribution < 1.29 is 18.8 Å². The van der Waals surface area contributed by atoms with Gasteiger partial charge in [0.15, 0.2) is 0 Å². The highest BCUT2D eigenvalue weighted by Gasteiger charge is 2.51. The first-order valence-electron chi connectivity index (χ1n) is 11.3. The van der Waals surface area contributed by atoms with Crippen molar-refractivity contribution in [3.05, 3.63) is 78.1 Å². The van der Waals surface area contributed by atoms with E-state index in [0.29, 0.717) is 24.9 Å². The van der Waals surface area contributed by atoms with Crippen LogP contribution >= 0.6 is 0 Å². The van der Waals surface area contributed by atoms with Crippen molar-refractivity contribution in [3.8, 4) is 0 Å². The second kappa shape index (κ2) is 9.48. The fraction of sp³-hybridized carbons (Fsp3) is 0.462. The summed E-state index contributed by atoms with van der Waals surface area (Å²) >= 11 is 0. The van der Waals surface area contributed by atoms with Crippen LogP contribution in [0.4, 0.5) is 4.39 Å². The third-order valence-corrected chi connectivity index (χ3v) is 6.81. The first kappa shape index (κ1) is 24.7. The van der Waals surface area contributed by atoms with E-state index in [1.807, 2.05) is 39.8 Å². The second-order valence-electron chi connectivity index (χ2n) is 9.71. The van der Waals surface area contributed by atoms with E-state index >= 15 is 0 Å². The highest BCUT2D eigenvalue weighted by atomic mass is 19.1. The van der Waals surface area contributed by atoms with E-state index in [2.05, 4.69) is 31.0 Å². The first-order chi connectivity index (χ1) is 15.0. The van der Waals surface area contributed by atoms with E-state index in [4.69, 9.17) is 9.31 Å². The van der Waals surface area contributed by atoms with E-state index in [0.717, 1.165) is 11.0 Å². The van der Waals surface area contributed by atoms with E-state index in [9.17, 15) is 9.50 Å². The lowest BCUT2D eigenvalue weighted by molar-refractivity contribution is 0.00578. The first-order valence-corrected chi connectivity index (χ1v) is 11.3. The van der Waals surface area contributed by atoms with Gasteiger partial charge in [0.25, 0.3) is 0 Å². The molecule has 2 N–H and O–H groups in total. The molecular formula is C26H35BFNO3. The van der Waals surface area contributed by atoms with Crippen LogP contribution in [0.15, 0.2) is 61.2 Å². The Labute approximate surface area is 192 Å². The summed E-state index contributed by atoms with van der Waals surface area (Å²) in [5.74, 6) is -0.314. The van der Waals surface area contributed by atoms with Gasteiger partial charge in [0.1, 0.15) is 5.82 Å². The normalized spacial score (nSPS) is 20.0. The molecule has 6 heteroatoms. The zero-order chi connectivity index (χ0) is 23.6. The Bertz CT molecular complexity index is 898. The van der Waals surface area contributed by atoms with Crippen LogP contribution in [0.2, 0.25) is 0 Å². The number of benzene rings is 2. The van der Waals surface area contributed by atoms with Crippen LogP contribution < -0.4 is 10.8 Å². The summed E-state index contributed by atoms with van der Waals surface area (Å²) in [5, 5.41) is 14.6. The number of hydrogen-bond donors (Lipinski definition) is 2. The van der Waals surface area contributed by atoms with Crippen molar-refractivity contribution in [2.75, 3.05) is 6.54 Å². The van der Waals surface area contributed by atoms with Crippen LogP contribution in [-0.2, 0) is 14.9 Å². The van der Waals surface area contributed by atoms with E-state index in [1.54, 1.807) is 18.2 Å². The number of rotatable bonds is 9. The average molecular weight is 439 g/mol. The molecule has 0 unspecified atom stereocenters. The summed E-state index contributed by atoms with van der Waals surface area (Å²) in [7, 11) is -0.373. The number of halogens is 1. The summed E-state index contributed by atoms with van der Waals surface area (Å²) in [6.45, 7) is 14.6. The highest BCUT2D eigenvalue weighted by Crippen LogP contribution is 2.36. The van der Waals surface area contributed by atoms with Crippen LogP contribution in [0.5, 0.6) is 0 Å². The van der Waals surface area contributed by atoms with Crippen molar-refractivity contribution in [2.24, 2.45) is 0 Å². The molecule has 0 saturated carbocycles. The Morgan fingerprint density at radius 3 is 2.16 bits per heavy atom. The maximum Gasteiger partial charge on any atom is 0.494 e. The molecular weight excluding hydrogens is 404 g/mol. The van der Waals surface area contributed by atoms with E-state index in [-0.39, 0.29) is 30.2 Å². The minimum Gasteiger partial charge on any atom is -0.399 e. The molecule has 2 atom stereocenters. The Balaban J connectivity index is 1.59. The summed E-state index contributed by atoms with van der Waals surface area (Å²) in [5.41, 5.74) is 1.02. The molecule has 172 valence electrons. The predicted octanol–water partition coefficient (Wildman–Crippen LogP) is 4.63. The minimum atomic E-state index is -1.08. The molecule has 1 saturated heterocycles. The van der Waals surface area contributed by atoms with Gasteiger partial charge >= 0.3 is 7.12 Å². The van der Waals surface area contributed by atoms with Gasteiger partial charge in [-0.05, 0) is 82.7 Å². The maximum absolute atomic E-state index is 13.3. The van der Waals surface area contributed by atoms with Gasteiger partial charge in [-0.15, -0.1) is 6.58 Å². The van der Waals surface area contributed by atoms with Gasteiger partial charge in [0.05, 0.1) is 16.8 Å². The van der Waals surface area contributed by atoms with E-state index in [1.165, 1.54) is 12.1 Å². The van der Waals surface area contributed by atoms with Crippen LogP contribution in [0.1, 0.15) is 64.6 Å². The lowest BCUT2D eigenvalue weighted by Crippen LogP contribution is -2.41. The molecule has 1 aliphatic rings. The fourth-order valence-electron chi connectivity index (χ4n) is 3.90. The van der Waals surface area contributed by atoms with Crippen molar-refractivity contribution in [3.63, 3.8) is 0 Å². The molecule has 0 amide bonds. The zero-order valence-corrected chi connectivity index (χ0v) is 19.8. The fourth-order valence-corrected chi connectivity index (χ4v) is 3.90. The van der Waals surface area contributed by atoms with Gasteiger partial charge in [-0.1, -0.05) is 42.5 Å².